The lowest BCUT2D eigenvalue weighted by molar-refractivity contribution is -0.0272. The lowest BCUT2D eigenvalue weighted by Crippen LogP contribution is -2.52. The number of carbonyl (C=O) groups is 1. The van der Waals surface area contributed by atoms with Gasteiger partial charge in [0.15, 0.2) is 0 Å². The number of piperidine rings is 1. The van der Waals surface area contributed by atoms with Crippen molar-refractivity contribution in [2.75, 3.05) is 13.1 Å². The molecule has 156 valence electrons. The summed E-state index contributed by atoms with van der Waals surface area (Å²) in [6.45, 7) is 7.01. The lowest BCUT2D eigenvalue weighted by Gasteiger charge is -2.44. The molecule has 1 aromatic carbocycles. The highest BCUT2D eigenvalue weighted by Crippen LogP contribution is 2.41. The Balaban J connectivity index is 1.42. The second kappa shape index (κ2) is 7.61. The van der Waals surface area contributed by atoms with Crippen LogP contribution in [0.15, 0.2) is 24.4 Å². The fraction of sp³-hybridized carbons (Fsp3) is 0.545. The summed E-state index contributed by atoms with van der Waals surface area (Å²) in [5.41, 5.74) is 1.59. The molecule has 1 aromatic heterocycles. The molecule has 1 N–H and O–H groups in total. The number of hydrogen-bond acceptors (Lipinski definition) is 6. The molecule has 6 nitrogen and oxygen atoms in total. The average Bonchev–Trinajstić information content (AvgIpc) is 3.16. The third-order valence-electron chi connectivity index (χ3n) is 5.52. The predicted octanol–water partition coefficient (Wildman–Crippen LogP) is 4.40. The molecule has 0 unspecified atom stereocenters. The fourth-order valence-corrected chi connectivity index (χ4v) is 4.71. The van der Waals surface area contributed by atoms with E-state index in [0.29, 0.717) is 13.1 Å². The molecule has 0 saturated carbocycles. The Kier molecular flexibility index (Phi) is 5.29. The van der Waals surface area contributed by atoms with E-state index in [9.17, 15) is 9.90 Å². The number of thiazole rings is 1. The van der Waals surface area contributed by atoms with Crippen LogP contribution in [0.25, 0.3) is 10.6 Å². The van der Waals surface area contributed by atoms with Gasteiger partial charge in [0.1, 0.15) is 22.0 Å². The van der Waals surface area contributed by atoms with E-state index in [1.165, 1.54) is 16.9 Å². The first-order valence-electron chi connectivity index (χ1n) is 10.1. The number of benzene rings is 1. The van der Waals surface area contributed by atoms with Gasteiger partial charge in [-0.05, 0) is 57.4 Å². The highest BCUT2D eigenvalue weighted by Gasteiger charge is 2.41. The zero-order chi connectivity index (χ0) is 20.6. The van der Waals surface area contributed by atoms with E-state index in [1.54, 1.807) is 11.1 Å². The molecule has 2 aromatic rings. The van der Waals surface area contributed by atoms with E-state index >= 15 is 0 Å². The molecular weight excluding hydrogens is 388 g/mol. The van der Waals surface area contributed by atoms with Crippen LogP contribution in [0.4, 0.5) is 4.79 Å². The summed E-state index contributed by atoms with van der Waals surface area (Å²) in [5, 5.41) is 10.2. The predicted molar refractivity (Wildman–Crippen MR) is 112 cm³/mol. The van der Waals surface area contributed by atoms with Crippen LogP contribution in [0.1, 0.15) is 50.5 Å². The van der Waals surface area contributed by atoms with Crippen LogP contribution in [-0.4, -0.2) is 45.4 Å². The van der Waals surface area contributed by atoms with E-state index < -0.39 is 5.60 Å². The molecule has 1 amide bonds. The quantitative estimate of drug-likeness (QED) is 0.786. The summed E-state index contributed by atoms with van der Waals surface area (Å²) in [7, 11) is 0. The molecule has 2 aliphatic rings. The Morgan fingerprint density at radius 1 is 1.31 bits per heavy atom. The maximum absolute atomic E-state index is 12.3. The number of aliphatic hydroxyl groups excluding tert-OH is 1. The van der Waals surface area contributed by atoms with Gasteiger partial charge in [-0.1, -0.05) is 0 Å². The van der Waals surface area contributed by atoms with Gasteiger partial charge in [-0.2, -0.15) is 0 Å². The van der Waals surface area contributed by atoms with Crippen LogP contribution in [0.3, 0.4) is 0 Å². The van der Waals surface area contributed by atoms with Gasteiger partial charge in [0, 0.05) is 37.7 Å². The van der Waals surface area contributed by atoms with Gasteiger partial charge in [0.05, 0.1) is 11.5 Å². The molecule has 0 atom stereocenters. The number of likely N-dealkylation sites (tertiary alicyclic amines) is 1. The second-order valence-corrected chi connectivity index (χ2v) is 9.98. The molecule has 29 heavy (non-hydrogen) atoms. The third-order valence-corrected chi connectivity index (χ3v) is 6.55. The van der Waals surface area contributed by atoms with Crippen molar-refractivity contribution in [3.05, 3.63) is 34.8 Å². The fourth-order valence-electron chi connectivity index (χ4n) is 3.94. The normalized spacial score (nSPS) is 18.3. The molecule has 3 heterocycles. The largest absolute Gasteiger partial charge is 0.487 e. The first kappa shape index (κ1) is 20.2. The number of aryl methyl sites for hydroxylation is 1. The van der Waals surface area contributed by atoms with E-state index in [-0.39, 0.29) is 18.3 Å². The van der Waals surface area contributed by atoms with Gasteiger partial charge in [-0.3, -0.25) is 0 Å². The van der Waals surface area contributed by atoms with E-state index in [0.717, 1.165) is 46.9 Å². The van der Waals surface area contributed by atoms with Crippen molar-refractivity contribution >= 4 is 17.4 Å². The van der Waals surface area contributed by atoms with Gasteiger partial charge >= 0.3 is 6.09 Å². The molecule has 1 fully saturated rings. The highest BCUT2D eigenvalue weighted by molar-refractivity contribution is 7.15. The summed E-state index contributed by atoms with van der Waals surface area (Å²) in [5.74, 6) is 0.935. The van der Waals surface area contributed by atoms with Crippen LogP contribution in [0.5, 0.6) is 5.75 Å². The Morgan fingerprint density at radius 3 is 2.72 bits per heavy atom. The number of carbonyl (C=O) groups excluding carboxylic acids is 1. The molecule has 1 saturated heterocycles. The number of nitrogens with zero attached hydrogens (tertiary/aromatic N) is 2. The number of amides is 1. The number of rotatable bonds is 2. The van der Waals surface area contributed by atoms with Crippen molar-refractivity contribution in [3.63, 3.8) is 0 Å². The first-order chi connectivity index (χ1) is 13.8. The molecule has 0 aliphatic carbocycles. The SMILES string of the molecule is CC(C)(C)OC(=O)N1CCC2(CCc3cc(-c4ncc(CO)s4)ccc3O2)CC1. The van der Waals surface area contributed by atoms with Gasteiger partial charge in [-0.25, -0.2) is 9.78 Å². The lowest BCUT2D eigenvalue weighted by atomic mass is 9.83. The van der Waals surface area contributed by atoms with Crippen LogP contribution in [0.2, 0.25) is 0 Å². The molecule has 0 radical (unpaired) electrons. The van der Waals surface area contributed by atoms with Crippen LogP contribution in [0, 0.1) is 0 Å². The first-order valence-corrected chi connectivity index (χ1v) is 10.9. The summed E-state index contributed by atoms with van der Waals surface area (Å²) >= 11 is 1.51. The Bertz CT molecular complexity index is 894. The van der Waals surface area contributed by atoms with E-state index in [4.69, 9.17) is 9.47 Å². The van der Waals surface area contributed by atoms with Crippen LogP contribution in [-0.2, 0) is 17.8 Å². The van der Waals surface area contributed by atoms with E-state index in [1.807, 2.05) is 32.9 Å². The van der Waals surface area contributed by atoms with Crippen molar-refractivity contribution in [3.8, 4) is 16.3 Å². The number of ether oxygens (including phenoxy) is 2. The summed E-state index contributed by atoms with van der Waals surface area (Å²) in [6.07, 6.45) is 5.03. The minimum atomic E-state index is -0.473. The smallest absolute Gasteiger partial charge is 0.410 e. The molecule has 7 heteroatoms. The maximum Gasteiger partial charge on any atom is 0.410 e. The zero-order valence-corrected chi connectivity index (χ0v) is 18.1. The third kappa shape index (κ3) is 4.41. The summed E-state index contributed by atoms with van der Waals surface area (Å²) < 4.78 is 12.0. The minimum Gasteiger partial charge on any atom is -0.487 e. The topological polar surface area (TPSA) is 71.9 Å². The molecule has 4 rings (SSSR count). The summed E-state index contributed by atoms with van der Waals surface area (Å²) in [6, 6.07) is 6.22. The van der Waals surface area contributed by atoms with Crippen molar-refractivity contribution in [2.45, 2.75) is 64.3 Å². The van der Waals surface area contributed by atoms with Gasteiger partial charge in [-0.15, -0.1) is 11.3 Å². The van der Waals surface area contributed by atoms with Crippen molar-refractivity contribution in [1.82, 2.24) is 9.88 Å². The zero-order valence-electron chi connectivity index (χ0n) is 17.2. The number of hydrogen-bond donors (Lipinski definition) is 1. The highest BCUT2D eigenvalue weighted by atomic mass is 32.1. The van der Waals surface area contributed by atoms with Gasteiger partial charge in [0.2, 0.25) is 0 Å². The van der Waals surface area contributed by atoms with Crippen molar-refractivity contribution < 1.29 is 19.4 Å². The molecule has 0 bridgehead atoms. The maximum atomic E-state index is 12.3. The average molecular weight is 417 g/mol. The minimum absolute atomic E-state index is 0.0224. The summed E-state index contributed by atoms with van der Waals surface area (Å²) in [4.78, 5) is 19.4. The monoisotopic (exact) mass is 416 g/mol. The Morgan fingerprint density at radius 2 is 2.07 bits per heavy atom. The number of fused-ring (bicyclic) bond motifs is 1. The molecular formula is C22H28N2O4S. The van der Waals surface area contributed by atoms with Crippen LogP contribution < -0.4 is 4.74 Å². The number of aromatic nitrogens is 1. The molecule has 2 aliphatic heterocycles. The van der Waals surface area contributed by atoms with Crippen LogP contribution >= 0.6 is 11.3 Å². The Labute approximate surface area is 175 Å². The van der Waals surface area contributed by atoms with Crippen molar-refractivity contribution in [1.29, 1.82) is 0 Å². The Hall–Kier alpha value is -2.12. The van der Waals surface area contributed by atoms with E-state index in [2.05, 4.69) is 11.1 Å². The van der Waals surface area contributed by atoms with Crippen molar-refractivity contribution in [2.24, 2.45) is 0 Å². The van der Waals surface area contributed by atoms with Gasteiger partial charge < -0.3 is 19.5 Å². The molecule has 1 spiro atoms. The van der Waals surface area contributed by atoms with Gasteiger partial charge in [0.25, 0.3) is 0 Å². The number of aliphatic hydroxyl groups is 1. The second-order valence-electron chi connectivity index (χ2n) is 8.86. The standard InChI is InChI=1S/C22H28N2O4S/c1-21(2,3)28-20(26)24-10-8-22(9-11-24)7-6-15-12-16(4-5-18(15)27-22)19-23-13-17(14-25)29-19/h4-5,12-13,25H,6-11,14H2,1-3H3.